The Balaban J connectivity index is 2.47. The van der Waals surface area contributed by atoms with Crippen molar-refractivity contribution in [2.24, 2.45) is 0 Å². The van der Waals surface area contributed by atoms with Gasteiger partial charge in [0, 0.05) is 6.54 Å². The van der Waals surface area contributed by atoms with E-state index < -0.39 is 0 Å². The van der Waals surface area contributed by atoms with Gasteiger partial charge in [-0.3, -0.25) is 4.90 Å². The number of hydrogen-bond acceptors (Lipinski definition) is 3. The molecule has 1 heterocycles. The van der Waals surface area contributed by atoms with Crippen molar-refractivity contribution in [3.63, 3.8) is 0 Å². The predicted octanol–water partition coefficient (Wildman–Crippen LogP) is 2.66. The lowest BCUT2D eigenvalue weighted by atomic mass is 9.97. The maximum absolute atomic E-state index is 12.1. The van der Waals surface area contributed by atoms with E-state index in [0.717, 1.165) is 17.8 Å². The van der Waals surface area contributed by atoms with Crippen LogP contribution in [-0.4, -0.2) is 32.3 Å². The number of nitrogens with zero attached hydrogens (tertiary/aromatic N) is 1. The Labute approximate surface area is 114 Å². The molecular weight excluding hydrogens is 240 g/mol. The third-order valence-electron chi connectivity index (χ3n) is 3.53. The van der Waals surface area contributed by atoms with Crippen molar-refractivity contribution in [3.8, 4) is 0 Å². The van der Waals surface area contributed by atoms with Crippen LogP contribution in [0.2, 0.25) is 0 Å². The number of carbonyl (C=O) groups is 1. The van der Waals surface area contributed by atoms with Crippen LogP contribution in [0.15, 0.2) is 18.2 Å². The molecule has 0 bridgehead atoms. The molecule has 1 fully saturated rings. The monoisotopic (exact) mass is 262 g/mol. The fourth-order valence-electron chi connectivity index (χ4n) is 2.60. The lowest BCUT2D eigenvalue weighted by molar-refractivity contribution is 0.178. The Morgan fingerprint density at radius 1 is 1.47 bits per heavy atom. The molecule has 0 aliphatic carbocycles. The van der Waals surface area contributed by atoms with Gasteiger partial charge >= 0.3 is 6.09 Å². The van der Waals surface area contributed by atoms with Gasteiger partial charge in [-0.1, -0.05) is 32.0 Å². The number of cyclic esters (lactones) is 1. The Morgan fingerprint density at radius 3 is 2.84 bits per heavy atom. The van der Waals surface area contributed by atoms with Crippen LogP contribution < -0.4 is 10.2 Å². The molecule has 1 amide bonds. The summed E-state index contributed by atoms with van der Waals surface area (Å²) in [6, 6.07) is 6.25. The first-order chi connectivity index (χ1) is 9.06. The molecule has 1 aromatic rings. The maximum Gasteiger partial charge on any atom is 0.414 e. The second-order valence-corrected chi connectivity index (χ2v) is 5.33. The number of carbonyl (C=O) groups excluding carboxylic acids is 1. The molecule has 0 spiro atoms. The molecule has 2 rings (SSSR count). The van der Waals surface area contributed by atoms with Crippen molar-refractivity contribution in [1.29, 1.82) is 0 Å². The molecule has 1 unspecified atom stereocenters. The second kappa shape index (κ2) is 5.61. The maximum atomic E-state index is 12.1. The van der Waals surface area contributed by atoms with Crippen LogP contribution in [0.4, 0.5) is 10.5 Å². The topological polar surface area (TPSA) is 41.6 Å². The summed E-state index contributed by atoms with van der Waals surface area (Å²) in [6.45, 7) is 7.52. The van der Waals surface area contributed by atoms with Crippen LogP contribution >= 0.6 is 0 Å². The Bertz CT molecular complexity index is 471. The van der Waals surface area contributed by atoms with Crippen molar-refractivity contribution < 1.29 is 9.53 Å². The van der Waals surface area contributed by atoms with E-state index >= 15 is 0 Å². The number of nitrogens with one attached hydrogen (secondary N) is 1. The van der Waals surface area contributed by atoms with Gasteiger partial charge in [0.05, 0.1) is 11.7 Å². The molecule has 104 valence electrons. The van der Waals surface area contributed by atoms with Crippen LogP contribution in [0.1, 0.15) is 30.9 Å². The van der Waals surface area contributed by atoms with E-state index in [1.807, 2.05) is 26.1 Å². The molecule has 1 atom stereocenters. The lowest BCUT2D eigenvalue weighted by Crippen LogP contribution is -2.41. The van der Waals surface area contributed by atoms with Crippen molar-refractivity contribution >= 4 is 11.8 Å². The summed E-state index contributed by atoms with van der Waals surface area (Å²) >= 11 is 0. The summed E-state index contributed by atoms with van der Waals surface area (Å²) in [5.74, 6) is 0.374. The van der Waals surface area contributed by atoms with Gasteiger partial charge in [-0.25, -0.2) is 4.79 Å². The first kappa shape index (κ1) is 13.9. The molecule has 0 aromatic heterocycles. The van der Waals surface area contributed by atoms with E-state index in [1.165, 1.54) is 5.56 Å². The van der Waals surface area contributed by atoms with E-state index in [2.05, 4.69) is 25.2 Å². The number of para-hydroxylation sites is 1. The van der Waals surface area contributed by atoms with Crippen molar-refractivity contribution in [3.05, 3.63) is 29.3 Å². The molecule has 1 saturated heterocycles. The zero-order valence-corrected chi connectivity index (χ0v) is 12.1. The van der Waals surface area contributed by atoms with Gasteiger partial charge in [0.1, 0.15) is 6.61 Å². The van der Waals surface area contributed by atoms with E-state index in [9.17, 15) is 4.79 Å². The fourth-order valence-corrected chi connectivity index (χ4v) is 2.60. The van der Waals surface area contributed by atoms with Gasteiger partial charge in [0.15, 0.2) is 0 Å². The zero-order valence-electron chi connectivity index (χ0n) is 12.1. The van der Waals surface area contributed by atoms with Crippen molar-refractivity contribution in [2.75, 3.05) is 25.1 Å². The summed E-state index contributed by atoms with van der Waals surface area (Å²) in [5, 5.41) is 3.12. The largest absolute Gasteiger partial charge is 0.447 e. The summed E-state index contributed by atoms with van der Waals surface area (Å²) in [4.78, 5) is 13.9. The number of likely N-dealkylation sites (N-methyl/N-ethyl adjacent to an activating group) is 1. The van der Waals surface area contributed by atoms with Gasteiger partial charge in [0.25, 0.3) is 0 Å². The first-order valence-corrected chi connectivity index (χ1v) is 6.76. The SMILES string of the molecule is CNCC1COC(=O)N1c1c(C)cccc1C(C)C. The molecule has 0 radical (unpaired) electrons. The van der Waals surface area contributed by atoms with Gasteiger partial charge in [-0.05, 0) is 31.0 Å². The zero-order chi connectivity index (χ0) is 14.0. The van der Waals surface area contributed by atoms with Gasteiger partial charge in [-0.15, -0.1) is 0 Å². The normalized spacial score (nSPS) is 19.1. The van der Waals surface area contributed by atoms with Crippen LogP contribution in [-0.2, 0) is 4.74 Å². The van der Waals surface area contributed by atoms with Crippen LogP contribution in [0.5, 0.6) is 0 Å². The molecule has 1 aromatic carbocycles. The minimum absolute atomic E-state index is 0.0658. The van der Waals surface area contributed by atoms with Gasteiger partial charge in [0.2, 0.25) is 0 Å². The quantitative estimate of drug-likeness (QED) is 0.907. The van der Waals surface area contributed by atoms with Crippen molar-refractivity contribution in [1.82, 2.24) is 5.32 Å². The molecule has 0 saturated carbocycles. The number of anilines is 1. The molecular formula is C15H22N2O2. The number of aryl methyl sites for hydroxylation is 1. The summed E-state index contributed by atoms with van der Waals surface area (Å²) in [6.07, 6.45) is -0.239. The average molecular weight is 262 g/mol. The van der Waals surface area contributed by atoms with Crippen molar-refractivity contribution in [2.45, 2.75) is 32.7 Å². The summed E-state index contributed by atoms with van der Waals surface area (Å²) < 4.78 is 5.22. The molecule has 1 N–H and O–H groups in total. The highest BCUT2D eigenvalue weighted by atomic mass is 16.6. The lowest BCUT2D eigenvalue weighted by Gasteiger charge is -2.27. The van der Waals surface area contributed by atoms with Crippen LogP contribution in [0, 0.1) is 6.92 Å². The average Bonchev–Trinajstić information content (AvgIpc) is 2.71. The van der Waals surface area contributed by atoms with Gasteiger partial charge < -0.3 is 10.1 Å². The smallest absolute Gasteiger partial charge is 0.414 e. The Morgan fingerprint density at radius 2 is 2.21 bits per heavy atom. The number of ether oxygens (including phenoxy) is 1. The third kappa shape index (κ3) is 2.59. The minimum Gasteiger partial charge on any atom is -0.447 e. The van der Waals surface area contributed by atoms with E-state index in [0.29, 0.717) is 12.5 Å². The predicted molar refractivity (Wildman–Crippen MR) is 76.8 cm³/mol. The standard InChI is InChI=1S/C15H22N2O2/c1-10(2)13-7-5-6-11(3)14(13)17-12(8-16-4)9-19-15(17)18/h5-7,10,12,16H,8-9H2,1-4H3. The third-order valence-corrected chi connectivity index (χ3v) is 3.53. The number of hydrogen-bond donors (Lipinski definition) is 1. The minimum atomic E-state index is -0.239. The number of rotatable bonds is 4. The summed E-state index contributed by atoms with van der Waals surface area (Å²) in [7, 11) is 1.89. The molecule has 1 aliphatic heterocycles. The Hall–Kier alpha value is -1.55. The van der Waals surface area contributed by atoms with Crippen LogP contribution in [0.3, 0.4) is 0 Å². The van der Waals surface area contributed by atoms with Gasteiger partial charge in [-0.2, -0.15) is 0 Å². The van der Waals surface area contributed by atoms with E-state index in [4.69, 9.17) is 4.74 Å². The number of amides is 1. The highest BCUT2D eigenvalue weighted by Crippen LogP contribution is 2.34. The molecule has 4 nitrogen and oxygen atoms in total. The molecule has 4 heteroatoms. The van der Waals surface area contributed by atoms with Crippen LogP contribution in [0.25, 0.3) is 0 Å². The summed E-state index contributed by atoms with van der Waals surface area (Å²) in [5.41, 5.74) is 3.33. The highest BCUT2D eigenvalue weighted by molar-refractivity contribution is 5.92. The highest BCUT2D eigenvalue weighted by Gasteiger charge is 2.35. The Kier molecular flexibility index (Phi) is 4.10. The molecule has 1 aliphatic rings. The fraction of sp³-hybridized carbons (Fsp3) is 0.533. The first-order valence-electron chi connectivity index (χ1n) is 6.76. The molecule has 19 heavy (non-hydrogen) atoms. The van der Waals surface area contributed by atoms with E-state index in [1.54, 1.807) is 4.90 Å². The van der Waals surface area contributed by atoms with E-state index in [-0.39, 0.29) is 12.1 Å². The second-order valence-electron chi connectivity index (χ2n) is 5.33. The number of benzene rings is 1.